The molecule has 7 fully saturated rings. The summed E-state index contributed by atoms with van der Waals surface area (Å²) in [4.78, 5) is 37.1. The minimum Gasteiger partial charge on any atom is -0.494 e. The van der Waals surface area contributed by atoms with Crippen molar-refractivity contribution in [2.45, 2.75) is 81.7 Å². The Morgan fingerprint density at radius 2 is 1.54 bits per heavy atom. The van der Waals surface area contributed by atoms with Gasteiger partial charge in [-0.25, -0.2) is 0 Å². The Balaban J connectivity index is 0.888. The highest BCUT2D eigenvalue weighted by atomic mass is 17.3. The first-order chi connectivity index (χ1) is 18.0. The number of benzene rings is 1. The summed E-state index contributed by atoms with van der Waals surface area (Å²) in [7, 11) is 0. The highest BCUT2D eigenvalue weighted by molar-refractivity contribution is 5.99. The minimum absolute atomic E-state index is 0.229. The standard InChI is InChI=1S/C29H38N2O6/c32-26-17-31(18-27(33)30-26)10-1-11-34-25-4-2-21(3-5-25)22-6-8-28(9-7-22)35-29(37-36-28)23-13-19-12-20(15-23)16-24(29)14-19/h2-5,19-20,22-24H,1,6-18H2,(H,30,32,33). The maximum Gasteiger partial charge on any atom is 0.240 e. The molecule has 1 aromatic rings. The van der Waals surface area contributed by atoms with E-state index in [2.05, 4.69) is 17.4 Å². The topological polar surface area (TPSA) is 86.3 Å². The van der Waals surface area contributed by atoms with E-state index in [0.29, 0.717) is 30.9 Å². The molecule has 37 heavy (non-hydrogen) atoms. The average Bonchev–Trinajstić information content (AvgIpc) is 3.25. The van der Waals surface area contributed by atoms with Crippen molar-refractivity contribution in [3.63, 3.8) is 0 Å². The third-order valence-corrected chi connectivity index (χ3v) is 9.95. The van der Waals surface area contributed by atoms with Crippen molar-refractivity contribution in [2.24, 2.45) is 23.7 Å². The Morgan fingerprint density at radius 3 is 2.19 bits per heavy atom. The van der Waals surface area contributed by atoms with Gasteiger partial charge in [-0.3, -0.25) is 19.8 Å². The number of imide groups is 1. The molecule has 0 unspecified atom stereocenters. The fourth-order valence-electron chi connectivity index (χ4n) is 8.36. The lowest BCUT2D eigenvalue weighted by Crippen LogP contribution is -2.59. The number of nitrogens with zero attached hydrogens (tertiary/aromatic N) is 1. The molecule has 5 aliphatic carbocycles. The van der Waals surface area contributed by atoms with Crippen LogP contribution in [0.5, 0.6) is 5.75 Å². The molecule has 2 spiro atoms. The number of carbonyl (C=O) groups excluding carboxylic acids is 2. The summed E-state index contributed by atoms with van der Waals surface area (Å²) in [6.45, 7) is 1.76. The number of ether oxygens (including phenoxy) is 2. The van der Waals surface area contributed by atoms with Crippen LogP contribution in [0.3, 0.4) is 0 Å². The van der Waals surface area contributed by atoms with Crippen LogP contribution in [0.2, 0.25) is 0 Å². The molecule has 1 N–H and O–H groups in total. The predicted octanol–water partition coefficient (Wildman–Crippen LogP) is 3.90. The summed E-state index contributed by atoms with van der Waals surface area (Å²) in [5, 5.41) is 2.33. The normalized spacial score (nSPS) is 41.0. The van der Waals surface area contributed by atoms with Crippen molar-refractivity contribution >= 4 is 11.8 Å². The van der Waals surface area contributed by atoms with Gasteiger partial charge >= 0.3 is 0 Å². The second kappa shape index (κ2) is 9.33. The quantitative estimate of drug-likeness (QED) is 0.353. The van der Waals surface area contributed by atoms with Gasteiger partial charge in [-0.05, 0) is 86.8 Å². The summed E-state index contributed by atoms with van der Waals surface area (Å²) < 4.78 is 12.8. The van der Waals surface area contributed by atoms with Crippen molar-refractivity contribution in [1.82, 2.24) is 10.2 Å². The lowest BCUT2D eigenvalue weighted by Gasteiger charge is -2.57. The summed E-state index contributed by atoms with van der Waals surface area (Å²) >= 11 is 0. The number of nitrogens with one attached hydrogen (secondary N) is 1. The smallest absolute Gasteiger partial charge is 0.240 e. The zero-order chi connectivity index (χ0) is 25.0. The third kappa shape index (κ3) is 4.50. The molecule has 8 rings (SSSR count). The monoisotopic (exact) mass is 510 g/mol. The lowest BCUT2D eigenvalue weighted by molar-refractivity contribution is -0.390. The summed E-state index contributed by atoms with van der Waals surface area (Å²) in [6, 6.07) is 8.45. The van der Waals surface area contributed by atoms with Crippen molar-refractivity contribution in [3.05, 3.63) is 29.8 Å². The zero-order valence-corrected chi connectivity index (χ0v) is 21.5. The lowest BCUT2D eigenvalue weighted by atomic mass is 9.53. The van der Waals surface area contributed by atoms with E-state index >= 15 is 0 Å². The van der Waals surface area contributed by atoms with Gasteiger partial charge in [-0.15, -0.1) is 0 Å². The van der Waals surface area contributed by atoms with Gasteiger partial charge in [0.2, 0.25) is 23.4 Å². The van der Waals surface area contributed by atoms with Gasteiger partial charge in [-0.1, -0.05) is 12.1 Å². The van der Waals surface area contributed by atoms with E-state index in [1.165, 1.54) is 37.7 Å². The number of carbonyl (C=O) groups is 2. The van der Waals surface area contributed by atoms with Crippen LogP contribution in [0.1, 0.15) is 75.7 Å². The van der Waals surface area contributed by atoms with Gasteiger partial charge in [-0.2, -0.15) is 9.78 Å². The molecular formula is C29H38N2O6. The number of piperazine rings is 1. The molecule has 8 heteroatoms. The molecule has 4 bridgehead atoms. The van der Waals surface area contributed by atoms with E-state index in [1.807, 2.05) is 17.0 Å². The van der Waals surface area contributed by atoms with Crippen molar-refractivity contribution in [3.8, 4) is 5.75 Å². The van der Waals surface area contributed by atoms with E-state index in [0.717, 1.165) is 49.7 Å². The Labute approximate surface area is 218 Å². The minimum atomic E-state index is -0.561. The first-order valence-corrected chi connectivity index (χ1v) is 14.3. The summed E-state index contributed by atoms with van der Waals surface area (Å²) in [5.41, 5.74) is 1.34. The second-order valence-electron chi connectivity index (χ2n) is 12.4. The fourth-order valence-corrected chi connectivity index (χ4v) is 8.36. The van der Waals surface area contributed by atoms with Crippen LogP contribution in [0.15, 0.2) is 24.3 Å². The number of hydrogen-bond donors (Lipinski definition) is 1. The molecule has 2 saturated heterocycles. The summed E-state index contributed by atoms with van der Waals surface area (Å²) in [5.74, 6) is 2.62. The number of hydrogen-bond acceptors (Lipinski definition) is 7. The number of rotatable bonds is 6. The molecular weight excluding hydrogens is 472 g/mol. The van der Waals surface area contributed by atoms with Gasteiger partial charge in [0, 0.05) is 31.2 Å². The van der Waals surface area contributed by atoms with Crippen LogP contribution < -0.4 is 10.1 Å². The molecule has 0 aromatic heterocycles. The maximum absolute atomic E-state index is 11.5. The molecule has 0 atom stereocenters. The molecule has 7 aliphatic rings. The predicted molar refractivity (Wildman–Crippen MR) is 133 cm³/mol. The Bertz CT molecular complexity index is 989. The van der Waals surface area contributed by atoms with E-state index in [-0.39, 0.29) is 24.9 Å². The van der Waals surface area contributed by atoms with Crippen LogP contribution in [0, 0.1) is 23.7 Å². The highest BCUT2D eigenvalue weighted by Crippen LogP contribution is 2.64. The molecule has 5 saturated carbocycles. The van der Waals surface area contributed by atoms with Gasteiger partial charge < -0.3 is 9.47 Å². The molecule has 8 nitrogen and oxygen atoms in total. The fraction of sp³-hybridized carbons (Fsp3) is 0.724. The van der Waals surface area contributed by atoms with E-state index in [1.54, 1.807) is 0 Å². The molecule has 2 aliphatic heterocycles. The first-order valence-electron chi connectivity index (χ1n) is 14.3. The first kappa shape index (κ1) is 24.1. The number of amides is 2. The van der Waals surface area contributed by atoms with Crippen LogP contribution in [0.4, 0.5) is 0 Å². The van der Waals surface area contributed by atoms with E-state index in [9.17, 15) is 9.59 Å². The van der Waals surface area contributed by atoms with Gasteiger partial charge in [0.25, 0.3) is 0 Å². The largest absolute Gasteiger partial charge is 0.494 e. The van der Waals surface area contributed by atoms with E-state index in [4.69, 9.17) is 19.2 Å². The molecule has 0 radical (unpaired) electrons. The summed E-state index contributed by atoms with van der Waals surface area (Å²) in [6.07, 6.45) is 11.0. The second-order valence-corrected chi connectivity index (χ2v) is 12.4. The van der Waals surface area contributed by atoms with Crippen molar-refractivity contribution in [2.75, 3.05) is 26.2 Å². The molecule has 2 heterocycles. The molecule has 200 valence electrons. The van der Waals surface area contributed by atoms with Gasteiger partial charge in [0.15, 0.2) is 0 Å². The van der Waals surface area contributed by atoms with E-state index < -0.39 is 11.6 Å². The highest BCUT2D eigenvalue weighted by Gasteiger charge is 2.66. The average molecular weight is 511 g/mol. The maximum atomic E-state index is 11.5. The van der Waals surface area contributed by atoms with Crippen LogP contribution in [-0.4, -0.2) is 54.5 Å². The molecule has 2 amide bonds. The third-order valence-electron chi connectivity index (χ3n) is 9.95. The van der Waals surface area contributed by atoms with Crippen LogP contribution in [0.25, 0.3) is 0 Å². The Kier molecular flexibility index (Phi) is 6.07. The van der Waals surface area contributed by atoms with Gasteiger partial charge in [0.1, 0.15) is 5.75 Å². The van der Waals surface area contributed by atoms with Crippen molar-refractivity contribution in [1.29, 1.82) is 0 Å². The van der Waals surface area contributed by atoms with Gasteiger partial charge in [0.05, 0.1) is 19.7 Å². The molecule has 1 aromatic carbocycles. The van der Waals surface area contributed by atoms with Crippen LogP contribution >= 0.6 is 0 Å². The Morgan fingerprint density at radius 1 is 0.892 bits per heavy atom. The van der Waals surface area contributed by atoms with Crippen LogP contribution in [-0.2, 0) is 24.1 Å². The SMILES string of the molecule is O=C1CN(CCCOc2ccc(C3CCC4(CC3)OOC3(O4)C4CC5CC(C4)CC3C5)cc2)CC(=O)N1. The zero-order valence-electron chi connectivity index (χ0n) is 21.5. The van der Waals surface area contributed by atoms with Crippen molar-refractivity contribution < 1.29 is 28.8 Å². The Hall–Kier alpha value is -2.00.